The van der Waals surface area contributed by atoms with E-state index in [2.05, 4.69) is 10.3 Å². The number of para-hydroxylation sites is 1. The average Bonchev–Trinajstić information content (AvgIpc) is 2.91. The van der Waals surface area contributed by atoms with E-state index in [1.165, 1.54) is 9.58 Å². The number of fused-ring (bicyclic) bond motifs is 1. The smallest absolute Gasteiger partial charge is 0.304 e. The molecule has 2 N–H and O–H groups in total. The molecule has 1 saturated heterocycles. The van der Waals surface area contributed by atoms with E-state index < -0.39 is 10.6 Å². The zero-order valence-electron chi connectivity index (χ0n) is 9.43. The van der Waals surface area contributed by atoms with Gasteiger partial charge in [-0.3, -0.25) is 9.11 Å². The molecule has 0 radical (unpaired) electrons. The topological polar surface area (TPSA) is 91.5 Å². The van der Waals surface area contributed by atoms with E-state index in [-0.39, 0.29) is 17.7 Å². The highest BCUT2D eigenvalue weighted by Gasteiger charge is 2.31. The van der Waals surface area contributed by atoms with Gasteiger partial charge in [0.25, 0.3) is 0 Å². The molecule has 8 heteroatoms. The Bertz CT molecular complexity index is 612. The summed E-state index contributed by atoms with van der Waals surface area (Å²) in [5, 5.41) is 7.70. The third-order valence-corrected chi connectivity index (χ3v) is 4.42. The minimum Gasteiger partial charge on any atom is -0.304 e. The number of carbonyl (C=O) groups excluding carboxylic acids is 1. The zero-order chi connectivity index (χ0) is 12.8. The molecule has 1 amide bonds. The molecule has 0 unspecified atom stereocenters. The Morgan fingerprint density at radius 3 is 2.83 bits per heavy atom. The highest BCUT2D eigenvalue weighted by Crippen LogP contribution is 2.43. The van der Waals surface area contributed by atoms with E-state index in [1.54, 1.807) is 18.2 Å². The minimum atomic E-state index is -2.64. The summed E-state index contributed by atoms with van der Waals surface area (Å²) < 4.78 is 20.2. The van der Waals surface area contributed by atoms with Crippen molar-refractivity contribution >= 4 is 27.7 Å². The predicted octanol–water partition coefficient (Wildman–Crippen LogP) is 1.42. The second kappa shape index (κ2) is 3.94. The lowest BCUT2D eigenvalue weighted by atomic mass is 10.3. The largest absolute Gasteiger partial charge is 0.348 e. The maximum Gasteiger partial charge on any atom is 0.348 e. The lowest BCUT2D eigenvalue weighted by Crippen LogP contribution is -2.33. The first-order chi connectivity index (χ1) is 8.57. The summed E-state index contributed by atoms with van der Waals surface area (Å²) in [6.45, 7) is 0.329. The van der Waals surface area contributed by atoms with E-state index >= 15 is 0 Å². The summed E-state index contributed by atoms with van der Waals surface area (Å²) in [5.41, 5.74) is 1.25. The van der Waals surface area contributed by atoms with Crippen LogP contribution in [0, 0.1) is 0 Å². The van der Waals surface area contributed by atoms with Gasteiger partial charge in [-0.05, 0) is 12.1 Å². The molecule has 2 aromatic rings. The van der Waals surface area contributed by atoms with Crippen LogP contribution in [0.2, 0.25) is 0 Å². The second-order valence-corrected chi connectivity index (χ2v) is 6.44. The Balaban J connectivity index is 1.93. The van der Waals surface area contributed by atoms with E-state index in [0.717, 1.165) is 0 Å². The van der Waals surface area contributed by atoms with Crippen molar-refractivity contribution in [1.82, 2.24) is 19.9 Å². The molecule has 1 aliphatic rings. The highest BCUT2D eigenvalue weighted by atomic mass is 32.3. The lowest BCUT2D eigenvalue weighted by Gasteiger charge is -2.25. The molecule has 0 bridgehead atoms. The number of carbonyl (C=O) groups is 1. The van der Waals surface area contributed by atoms with Crippen molar-refractivity contribution in [3.05, 3.63) is 24.3 Å². The first-order valence-corrected chi connectivity index (χ1v) is 7.29. The van der Waals surface area contributed by atoms with Gasteiger partial charge in [-0.25, -0.2) is 4.79 Å². The second-order valence-electron chi connectivity index (χ2n) is 4.17. The fraction of sp³-hybridized carbons (Fsp3) is 0.300. The van der Waals surface area contributed by atoms with Crippen LogP contribution in [0.15, 0.2) is 24.3 Å². The van der Waals surface area contributed by atoms with Crippen LogP contribution in [-0.2, 0) is 0 Å². The van der Waals surface area contributed by atoms with Crippen molar-refractivity contribution < 1.29 is 13.9 Å². The molecule has 7 nitrogen and oxygen atoms in total. The van der Waals surface area contributed by atoms with Crippen molar-refractivity contribution in [3.8, 4) is 0 Å². The van der Waals surface area contributed by atoms with Crippen molar-refractivity contribution in [1.29, 1.82) is 0 Å². The molecular weight excluding hydrogens is 256 g/mol. The Morgan fingerprint density at radius 1 is 1.33 bits per heavy atom. The summed E-state index contributed by atoms with van der Waals surface area (Å²) >= 11 is 0. The fourth-order valence-electron chi connectivity index (χ4n) is 1.93. The van der Waals surface area contributed by atoms with E-state index in [0.29, 0.717) is 17.6 Å². The number of benzene rings is 1. The van der Waals surface area contributed by atoms with Crippen molar-refractivity contribution in [2.45, 2.75) is 0 Å². The van der Waals surface area contributed by atoms with Gasteiger partial charge >= 0.3 is 6.03 Å². The van der Waals surface area contributed by atoms with Gasteiger partial charge in [0.2, 0.25) is 0 Å². The number of amides is 1. The Morgan fingerprint density at radius 2 is 2.11 bits per heavy atom. The number of hydrogen-bond donors (Lipinski definition) is 2. The third kappa shape index (κ3) is 1.84. The SMILES string of the molecule is O=C(N1CCS(O)(O)C1)n1nnc2ccccc21. The van der Waals surface area contributed by atoms with Crippen LogP contribution < -0.4 is 0 Å². The molecule has 0 aliphatic carbocycles. The van der Waals surface area contributed by atoms with Gasteiger partial charge in [0.05, 0.1) is 11.3 Å². The van der Waals surface area contributed by atoms with E-state index in [1.807, 2.05) is 6.07 Å². The standard InChI is InChI=1S/C10H12N4O3S/c15-10(13-5-6-18(16,17)7-13)14-9-4-2-1-3-8(9)11-12-14/h1-4,16-17H,5-7H2. The molecule has 1 aliphatic heterocycles. The van der Waals surface area contributed by atoms with Crippen molar-refractivity contribution in [2.24, 2.45) is 0 Å². The van der Waals surface area contributed by atoms with E-state index in [4.69, 9.17) is 0 Å². The Kier molecular flexibility index (Phi) is 2.51. The summed E-state index contributed by atoms with van der Waals surface area (Å²) in [6, 6.07) is 6.76. The van der Waals surface area contributed by atoms with Gasteiger partial charge < -0.3 is 4.90 Å². The first-order valence-electron chi connectivity index (χ1n) is 5.40. The number of nitrogens with zero attached hydrogens (tertiary/aromatic N) is 4. The molecule has 1 aromatic heterocycles. The van der Waals surface area contributed by atoms with Crippen molar-refractivity contribution in [2.75, 3.05) is 18.2 Å². The van der Waals surface area contributed by atoms with Gasteiger partial charge in [0.1, 0.15) is 11.4 Å². The quantitative estimate of drug-likeness (QED) is 0.754. The molecule has 18 heavy (non-hydrogen) atoms. The van der Waals surface area contributed by atoms with Crippen LogP contribution in [0.25, 0.3) is 11.0 Å². The molecule has 96 valence electrons. The maximum atomic E-state index is 12.2. The third-order valence-electron chi connectivity index (χ3n) is 2.85. The van der Waals surface area contributed by atoms with E-state index in [9.17, 15) is 13.9 Å². The summed E-state index contributed by atoms with van der Waals surface area (Å²) in [6.07, 6.45) is 0. The predicted molar refractivity (Wildman–Crippen MR) is 67.6 cm³/mol. The van der Waals surface area contributed by atoms with Gasteiger partial charge in [-0.2, -0.15) is 15.3 Å². The molecule has 2 heterocycles. The van der Waals surface area contributed by atoms with Gasteiger partial charge in [-0.15, -0.1) is 5.10 Å². The number of rotatable bonds is 0. The summed E-state index contributed by atoms with van der Waals surface area (Å²) in [4.78, 5) is 13.6. The molecule has 0 atom stereocenters. The van der Waals surface area contributed by atoms with Gasteiger partial charge in [0.15, 0.2) is 0 Å². The fourth-order valence-corrected chi connectivity index (χ4v) is 3.31. The maximum absolute atomic E-state index is 12.2. The summed E-state index contributed by atoms with van der Waals surface area (Å²) in [7, 11) is -2.64. The number of aromatic nitrogens is 3. The van der Waals surface area contributed by atoms with Crippen LogP contribution in [0.4, 0.5) is 4.79 Å². The van der Waals surface area contributed by atoms with Crippen LogP contribution in [0.1, 0.15) is 0 Å². The normalized spacial score (nSPS) is 20.2. The number of hydrogen-bond acceptors (Lipinski definition) is 5. The highest BCUT2D eigenvalue weighted by molar-refractivity contribution is 8.24. The molecule has 0 saturated carbocycles. The zero-order valence-corrected chi connectivity index (χ0v) is 10.2. The van der Waals surface area contributed by atoms with Crippen LogP contribution in [0.3, 0.4) is 0 Å². The molecule has 1 fully saturated rings. The lowest BCUT2D eigenvalue weighted by molar-refractivity contribution is 0.209. The first kappa shape index (κ1) is 11.5. The Hall–Kier alpha value is -1.64. The molecule has 0 spiro atoms. The van der Waals surface area contributed by atoms with Gasteiger partial charge in [-0.1, -0.05) is 17.3 Å². The van der Waals surface area contributed by atoms with Crippen LogP contribution in [0.5, 0.6) is 0 Å². The minimum absolute atomic E-state index is 0.0278. The van der Waals surface area contributed by atoms with Gasteiger partial charge in [0, 0.05) is 6.54 Å². The molecule has 1 aromatic carbocycles. The summed E-state index contributed by atoms with van der Waals surface area (Å²) in [5.74, 6) is 0.200. The molecular formula is C10H12N4O3S. The van der Waals surface area contributed by atoms with Crippen LogP contribution >= 0.6 is 10.6 Å². The monoisotopic (exact) mass is 268 g/mol. The molecule has 3 rings (SSSR count). The van der Waals surface area contributed by atoms with Crippen LogP contribution in [-0.4, -0.2) is 53.2 Å². The Labute approximate surface area is 104 Å². The average molecular weight is 268 g/mol. The van der Waals surface area contributed by atoms with Crippen molar-refractivity contribution in [3.63, 3.8) is 0 Å².